The molecule has 1 atom stereocenters. The molecule has 0 radical (unpaired) electrons. The highest BCUT2D eigenvalue weighted by Gasteiger charge is 2.26. The number of thioether (sulfide) groups is 1. The molecule has 36 heavy (non-hydrogen) atoms. The van der Waals surface area contributed by atoms with E-state index in [4.69, 9.17) is 18.9 Å². The fourth-order valence-electron chi connectivity index (χ4n) is 4.24. The number of aromatic nitrogens is 1. The Hall–Kier alpha value is -3.87. The van der Waals surface area contributed by atoms with Gasteiger partial charge in [0.2, 0.25) is 6.29 Å². The van der Waals surface area contributed by atoms with Gasteiger partial charge in [0.1, 0.15) is 17.3 Å². The fraction of sp³-hybridized carbons (Fsp3) is 0.100. The summed E-state index contributed by atoms with van der Waals surface area (Å²) in [5.41, 5.74) is 5.05. The number of nitrogens with zero attached hydrogens (tertiary/aromatic N) is 1. The van der Waals surface area contributed by atoms with E-state index in [2.05, 4.69) is 0 Å². The molecule has 1 aromatic heterocycles. The van der Waals surface area contributed by atoms with Crippen molar-refractivity contribution in [1.29, 1.82) is 0 Å². The lowest BCUT2D eigenvalue weighted by Crippen LogP contribution is -2.19. The number of halogens is 1. The van der Waals surface area contributed by atoms with Crippen LogP contribution < -0.4 is 4.74 Å². The molecule has 0 fully saturated rings. The topological polar surface area (TPSA) is 44.5 Å². The second-order valence-corrected chi connectivity index (χ2v) is 9.33. The van der Waals surface area contributed by atoms with Crippen molar-refractivity contribution >= 4 is 11.8 Å². The third kappa shape index (κ3) is 4.65. The summed E-state index contributed by atoms with van der Waals surface area (Å²) in [6.07, 6.45) is -0.538. The average molecular weight is 496 g/mol. The average Bonchev–Trinajstić information content (AvgIpc) is 3.37. The number of benzene rings is 4. The van der Waals surface area contributed by atoms with Crippen molar-refractivity contribution in [3.8, 4) is 28.3 Å². The van der Waals surface area contributed by atoms with Crippen LogP contribution in [-0.2, 0) is 17.1 Å². The molecule has 0 spiro atoms. The first-order valence-electron chi connectivity index (χ1n) is 11.6. The quantitative estimate of drug-likeness (QED) is 0.223. The molecule has 1 aliphatic heterocycles. The fourth-order valence-corrected chi connectivity index (χ4v) is 5.03. The molecule has 2 heterocycles. The van der Waals surface area contributed by atoms with Gasteiger partial charge < -0.3 is 13.9 Å². The molecule has 0 amide bonds. The molecule has 178 valence electrons. The summed E-state index contributed by atoms with van der Waals surface area (Å²) in [4.78, 5) is 4.81. The van der Waals surface area contributed by atoms with E-state index in [9.17, 15) is 4.39 Å². The zero-order valence-corrected chi connectivity index (χ0v) is 20.1. The molecule has 0 saturated heterocycles. The van der Waals surface area contributed by atoms with Gasteiger partial charge in [-0.2, -0.15) is 0 Å². The number of rotatable bonds is 6. The van der Waals surface area contributed by atoms with Gasteiger partial charge in [0.05, 0.1) is 6.61 Å². The molecule has 6 rings (SSSR count). The van der Waals surface area contributed by atoms with Crippen LogP contribution in [0.1, 0.15) is 23.0 Å². The number of ether oxygens (including phenoxy) is 2. The summed E-state index contributed by atoms with van der Waals surface area (Å²) in [6, 6.07) is 32.6. The summed E-state index contributed by atoms with van der Waals surface area (Å²) >= 11 is 1.41. The maximum absolute atomic E-state index is 14.5. The van der Waals surface area contributed by atoms with E-state index in [1.807, 2.05) is 91.0 Å². The van der Waals surface area contributed by atoms with Gasteiger partial charge in [-0.05, 0) is 12.1 Å². The zero-order chi connectivity index (χ0) is 24.3. The van der Waals surface area contributed by atoms with Crippen LogP contribution in [0.15, 0.2) is 113 Å². The summed E-state index contributed by atoms with van der Waals surface area (Å²) in [5, 5.41) is 0.511. The first kappa shape index (κ1) is 22.6. The maximum atomic E-state index is 14.5. The van der Waals surface area contributed by atoms with Crippen molar-refractivity contribution in [2.45, 2.75) is 23.9 Å². The van der Waals surface area contributed by atoms with E-state index in [1.54, 1.807) is 0 Å². The lowest BCUT2D eigenvalue weighted by Gasteiger charge is -2.28. The van der Waals surface area contributed by atoms with Gasteiger partial charge in [0.25, 0.3) is 5.22 Å². The lowest BCUT2D eigenvalue weighted by molar-refractivity contribution is -0.112. The SMILES string of the molecule is Fc1cc2c(c(CSc3nc(-c4ccccc4)c(-c4ccccc4)o3)c1)O[C@@H](c1ccccc1)OC2. The number of oxazole rings is 1. The van der Waals surface area contributed by atoms with Gasteiger partial charge in [0.15, 0.2) is 5.76 Å². The molecule has 4 aromatic carbocycles. The molecular weight excluding hydrogens is 473 g/mol. The molecule has 0 unspecified atom stereocenters. The van der Waals surface area contributed by atoms with Crippen molar-refractivity contribution in [3.63, 3.8) is 0 Å². The van der Waals surface area contributed by atoms with Crippen molar-refractivity contribution in [2.75, 3.05) is 0 Å². The normalized spacial score (nSPS) is 14.8. The first-order chi connectivity index (χ1) is 17.7. The first-order valence-corrected chi connectivity index (χ1v) is 12.6. The minimum absolute atomic E-state index is 0.277. The largest absolute Gasteiger partial charge is 0.460 e. The van der Waals surface area contributed by atoms with Crippen LogP contribution in [0.5, 0.6) is 5.75 Å². The smallest absolute Gasteiger partial charge is 0.257 e. The zero-order valence-electron chi connectivity index (χ0n) is 19.3. The van der Waals surface area contributed by atoms with E-state index in [0.717, 1.165) is 27.9 Å². The summed E-state index contributed by atoms with van der Waals surface area (Å²) in [6.45, 7) is 0.277. The molecular formula is C30H22FNO3S. The predicted octanol–water partition coefficient (Wildman–Crippen LogP) is 8.05. The van der Waals surface area contributed by atoms with Crippen LogP contribution in [0.25, 0.3) is 22.6 Å². The molecule has 0 bridgehead atoms. The van der Waals surface area contributed by atoms with Crippen LogP contribution in [0.3, 0.4) is 0 Å². The second-order valence-electron chi connectivity index (χ2n) is 8.40. The molecule has 0 aliphatic carbocycles. The Bertz CT molecular complexity index is 1420. The highest BCUT2D eigenvalue weighted by Crippen LogP contribution is 2.40. The Kier molecular flexibility index (Phi) is 6.28. The van der Waals surface area contributed by atoms with Crippen molar-refractivity contribution in [3.05, 3.63) is 126 Å². The Morgan fingerprint density at radius 1 is 0.833 bits per heavy atom. The van der Waals surface area contributed by atoms with Gasteiger partial charge in [-0.15, -0.1) is 0 Å². The monoisotopic (exact) mass is 495 g/mol. The van der Waals surface area contributed by atoms with Gasteiger partial charge in [-0.3, -0.25) is 0 Å². The molecule has 1 aliphatic rings. The second kappa shape index (κ2) is 10.0. The Morgan fingerprint density at radius 3 is 2.22 bits per heavy atom. The molecule has 0 N–H and O–H groups in total. The molecule has 0 saturated carbocycles. The summed E-state index contributed by atoms with van der Waals surface area (Å²) < 4.78 is 32.7. The minimum atomic E-state index is -0.538. The number of hydrogen-bond acceptors (Lipinski definition) is 5. The van der Waals surface area contributed by atoms with Gasteiger partial charge in [-0.1, -0.05) is 103 Å². The minimum Gasteiger partial charge on any atom is -0.460 e. The van der Waals surface area contributed by atoms with Crippen molar-refractivity contribution in [2.24, 2.45) is 0 Å². The van der Waals surface area contributed by atoms with E-state index in [-0.39, 0.29) is 12.4 Å². The predicted molar refractivity (Wildman–Crippen MR) is 138 cm³/mol. The maximum Gasteiger partial charge on any atom is 0.257 e. The van der Waals surface area contributed by atoms with Crippen LogP contribution in [-0.4, -0.2) is 4.98 Å². The molecule has 6 heteroatoms. The third-order valence-corrected chi connectivity index (χ3v) is 6.81. The molecule has 4 nitrogen and oxygen atoms in total. The Balaban J connectivity index is 1.30. The Labute approximate surface area is 212 Å². The Morgan fingerprint density at radius 2 is 1.50 bits per heavy atom. The van der Waals surface area contributed by atoms with E-state index < -0.39 is 6.29 Å². The highest BCUT2D eigenvalue weighted by atomic mass is 32.2. The highest BCUT2D eigenvalue weighted by molar-refractivity contribution is 7.98. The van der Waals surface area contributed by atoms with E-state index in [0.29, 0.717) is 28.0 Å². The van der Waals surface area contributed by atoms with E-state index in [1.165, 1.54) is 23.9 Å². The van der Waals surface area contributed by atoms with Crippen molar-refractivity contribution < 1.29 is 18.3 Å². The summed E-state index contributed by atoms with van der Waals surface area (Å²) in [5.74, 6) is 1.48. The lowest BCUT2D eigenvalue weighted by atomic mass is 10.1. The van der Waals surface area contributed by atoms with Crippen LogP contribution in [0.2, 0.25) is 0 Å². The number of hydrogen-bond donors (Lipinski definition) is 0. The van der Waals surface area contributed by atoms with Crippen LogP contribution in [0, 0.1) is 5.82 Å². The van der Waals surface area contributed by atoms with Crippen LogP contribution in [0.4, 0.5) is 4.39 Å². The standard InChI is InChI=1S/C30H22FNO3S/c31-25-16-23-18-33-29(22-14-8-3-9-15-22)34-27(23)24(17-25)19-36-30-32-26(20-10-4-1-5-11-20)28(35-30)21-12-6-2-7-13-21/h1-17,29H,18-19H2/t29-/m0/s1. The number of fused-ring (bicyclic) bond motifs is 1. The van der Waals surface area contributed by atoms with Crippen molar-refractivity contribution in [1.82, 2.24) is 4.98 Å². The van der Waals surface area contributed by atoms with Gasteiger partial charge in [0, 0.05) is 33.6 Å². The van der Waals surface area contributed by atoms with Crippen LogP contribution >= 0.6 is 11.8 Å². The van der Waals surface area contributed by atoms with E-state index >= 15 is 0 Å². The third-order valence-electron chi connectivity index (χ3n) is 5.94. The van der Waals surface area contributed by atoms with Gasteiger partial charge >= 0.3 is 0 Å². The summed E-state index contributed by atoms with van der Waals surface area (Å²) in [7, 11) is 0. The van der Waals surface area contributed by atoms with Gasteiger partial charge in [-0.25, -0.2) is 9.37 Å². The molecule has 5 aromatic rings.